The zero-order valence-electron chi connectivity index (χ0n) is 17.7. The van der Waals surface area contributed by atoms with E-state index in [1.54, 1.807) is 24.5 Å². The fourth-order valence-electron chi connectivity index (χ4n) is 3.41. The van der Waals surface area contributed by atoms with Crippen LogP contribution in [0, 0.1) is 5.92 Å². The first kappa shape index (κ1) is 21.7. The van der Waals surface area contributed by atoms with Crippen LogP contribution in [-0.2, 0) is 9.59 Å². The van der Waals surface area contributed by atoms with E-state index in [0.29, 0.717) is 43.0 Å². The van der Waals surface area contributed by atoms with E-state index in [4.69, 9.17) is 9.15 Å². The van der Waals surface area contributed by atoms with E-state index in [9.17, 15) is 9.59 Å². The summed E-state index contributed by atoms with van der Waals surface area (Å²) in [7, 11) is 0. The summed E-state index contributed by atoms with van der Waals surface area (Å²) in [5.74, 6) is 2.07. The van der Waals surface area contributed by atoms with Crippen LogP contribution in [0.25, 0.3) is 6.08 Å². The summed E-state index contributed by atoms with van der Waals surface area (Å²) in [5, 5.41) is 2.95. The number of benzene rings is 1. The average molecular weight is 411 g/mol. The molecule has 0 atom stereocenters. The van der Waals surface area contributed by atoms with E-state index < -0.39 is 0 Å². The van der Waals surface area contributed by atoms with E-state index in [1.807, 2.05) is 35.2 Å². The monoisotopic (exact) mass is 410 g/mol. The highest BCUT2D eigenvalue weighted by atomic mass is 16.5. The Balaban J connectivity index is 1.33. The summed E-state index contributed by atoms with van der Waals surface area (Å²) in [6, 6.07) is 11.4. The van der Waals surface area contributed by atoms with Crippen molar-refractivity contribution in [2.45, 2.75) is 32.6 Å². The Morgan fingerprint density at radius 2 is 1.93 bits per heavy atom. The molecule has 0 spiro atoms. The van der Waals surface area contributed by atoms with Crippen molar-refractivity contribution in [3.8, 4) is 5.75 Å². The van der Waals surface area contributed by atoms with Gasteiger partial charge in [-0.05, 0) is 60.6 Å². The molecule has 2 heterocycles. The highest BCUT2D eigenvalue weighted by molar-refractivity contribution is 5.91. The summed E-state index contributed by atoms with van der Waals surface area (Å²) in [5.41, 5.74) is 1.24. The van der Waals surface area contributed by atoms with Crippen LogP contribution in [0.1, 0.15) is 43.9 Å². The fourth-order valence-corrected chi connectivity index (χ4v) is 3.41. The van der Waals surface area contributed by atoms with Crippen molar-refractivity contribution in [2.24, 2.45) is 5.92 Å². The molecular weight excluding hydrogens is 380 g/mol. The maximum absolute atomic E-state index is 12.3. The Bertz CT molecular complexity index is 833. The molecule has 1 fully saturated rings. The van der Waals surface area contributed by atoms with Crippen LogP contribution < -0.4 is 10.1 Å². The predicted molar refractivity (Wildman–Crippen MR) is 116 cm³/mol. The van der Waals surface area contributed by atoms with Crippen molar-refractivity contribution >= 4 is 17.9 Å². The van der Waals surface area contributed by atoms with Crippen LogP contribution >= 0.6 is 0 Å². The zero-order chi connectivity index (χ0) is 21.3. The van der Waals surface area contributed by atoms with Gasteiger partial charge in [0.05, 0.1) is 6.26 Å². The van der Waals surface area contributed by atoms with Gasteiger partial charge in [0.15, 0.2) is 6.61 Å². The van der Waals surface area contributed by atoms with Gasteiger partial charge in [-0.2, -0.15) is 0 Å². The molecule has 2 aromatic rings. The number of hydrogen-bond donors (Lipinski definition) is 1. The number of ether oxygens (including phenoxy) is 1. The number of rotatable bonds is 8. The minimum absolute atomic E-state index is 0.00855. The molecule has 6 nitrogen and oxygen atoms in total. The minimum Gasteiger partial charge on any atom is -0.484 e. The standard InChI is InChI=1S/C24H30N2O4/c1-18(2)20-5-7-22(8-6-20)30-17-23(27)25-16-19-11-13-26(14-12-19)24(28)10-9-21-4-3-15-29-21/h3-10,15,18-19H,11-14,16-17H2,1-2H3,(H,25,27)/b10-9+. The van der Waals surface area contributed by atoms with E-state index in [1.165, 1.54) is 5.56 Å². The maximum Gasteiger partial charge on any atom is 0.257 e. The van der Waals surface area contributed by atoms with Crippen molar-refractivity contribution in [3.05, 3.63) is 60.1 Å². The molecule has 1 N–H and O–H groups in total. The van der Waals surface area contributed by atoms with Crippen molar-refractivity contribution in [2.75, 3.05) is 26.2 Å². The summed E-state index contributed by atoms with van der Waals surface area (Å²) >= 11 is 0. The molecule has 160 valence electrons. The number of likely N-dealkylation sites (tertiary alicyclic amines) is 1. The number of carbonyl (C=O) groups excluding carboxylic acids is 2. The molecule has 0 radical (unpaired) electrons. The van der Waals surface area contributed by atoms with E-state index >= 15 is 0 Å². The Morgan fingerprint density at radius 1 is 1.20 bits per heavy atom. The van der Waals surface area contributed by atoms with Gasteiger partial charge in [0.2, 0.25) is 5.91 Å². The summed E-state index contributed by atoms with van der Waals surface area (Å²) in [6.07, 6.45) is 6.56. The van der Waals surface area contributed by atoms with Gasteiger partial charge in [-0.1, -0.05) is 26.0 Å². The number of piperidine rings is 1. The van der Waals surface area contributed by atoms with Crippen molar-refractivity contribution < 1.29 is 18.7 Å². The van der Waals surface area contributed by atoms with Crippen LogP contribution in [0.2, 0.25) is 0 Å². The Kier molecular flexibility index (Phi) is 7.71. The number of amides is 2. The van der Waals surface area contributed by atoms with Crippen molar-refractivity contribution in [1.29, 1.82) is 0 Å². The molecule has 0 unspecified atom stereocenters. The van der Waals surface area contributed by atoms with Gasteiger partial charge in [-0.15, -0.1) is 0 Å². The zero-order valence-corrected chi connectivity index (χ0v) is 17.7. The second-order valence-corrected chi connectivity index (χ2v) is 7.93. The molecule has 1 saturated heterocycles. The van der Waals surface area contributed by atoms with Crippen molar-refractivity contribution in [3.63, 3.8) is 0 Å². The van der Waals surface area contributed by atoms with Crippen molar-refractivity contribution in [1.82, 2.24) is 10.2 Å². The maximum atomic E-state index is 12.3. The number of nitrogens with one attached hydrogen (secondary N) is 1. The van der Waals surface area contributed by atoms with Gasteiger partial charge in [-0.3, -0.25) is 9.59 Å². The van der Waals surface area contributed by atoms with Gasteiger partial charge >= 0.3 is 0 Å². The van der Waals surface area contributed by atoms with E-state index in [-0.39, 0.29) is 18.4 Å². The topological polar surface area (TPSA) is 71.8 Å². The number of nitrogens with zero attached hydrogens (tertiary/aromatic N) is 1. The second kappa shape index (κ2) is 10.7. The summed E-state index contributed by atoms with van der Waals surface area (Å²) < 4.78 is 10.8. The fraction of sp³-hybridized carbons (Fsp3) is 0.417. The van der Waals surface area contributed by atoms with Crippen LogP contribution in [0.5, 0.6) is 5.75 Å². The summed E-state index contributed by atoms with van der Waals surface area (Å²) in [6.45, 7) is 6.29. The third-order valence-corrected chi connectivity index (χ3v) is 5.36. The molecule has 1 aromatic carbocycles. The molecule has 1 aliphatic heterocycles. The molecule has 1 aliphatic rings. The molecule has 2 amide bonds. The molecule has 30 heavy (non-hydrogen) atoms. The second-order valence-electron chi connectivity index (χ2n) is 7.93. The lowest BCUT2D eigenvalue weighted by Crippen LogP contribution is -2.41. The lowest BCUT2D eigenvalue weighted by atomic mass is 9.96. The first-order chi connectivity index (χ1) is 14.5. The third-order valence-electron chi connectivity index (χ3n) is 5.36. The highest BCUT2D eigenvalue weighted by Gasteiger charge is 2.22. The molecule has 0 bridgehead atoms. The first-order valence-corrected chi connectivity index (χ1v) is 10.5. The molecule has 1 aromatic heterocycles. The number of hydrogen-bond acceptors (Lipinski definition) is 4. The SMILES string of the molecule is CC(C)c1ccc(OCC(=O)NCC2CCN(C(=O)/C=C/c3ccco3)CC2)cc1. The molecule has 3 rings (SSSR count). The van der Waals surface area contributed by atoms with Gasteiger partial charge < -0.3 is 19.4 Å². The van der Waals surface area contributed by atoms with Crippen LogP contribution in [0.3, 0.4) is 0 Å². The van der Waals surface area contributed by atoms with E-state index in [2.05, 4.69) is 19.2 Å². The lowest BCUT2D eigenvalue weighted by molar-refractivity contribution is -0.128. The minimum atomic E-state index is -0.122. The lowest BCUT2D eigenvalue weighted by Gasteiger charge is -2.31. The summed E-state index contributed by atoms with van der Waals surface area (Å²) in [4.78, 5) is 26.2. The normalized spacial score (nSPS) is 15.0. The van der Waals surface area contributed by atoms with Crippen LogP contribution in [-0.4, -0.2) is 43.0 Å². The first-order valence-electron chi connectivity index (χ1n) is 10.5. The van der Waals surface area contributed by atoms with Gasteiger partial charge in [-0.25, -0.2) is 0 Å². The molecule has 0 saturated carbocycles. The Hall–Kier alpha value is -3.02. The largest absolute Gasteiger partial charge is 0.484 e. The predicted octanol–water partition coefficient (Wildman–Crippen LogP) is 3.85. The quantitative estimate of drug-likeness (QED) is 0.671. The Morgan fingerprint density at radius 3 is 2.57 bits per heavy atom. The van der Waals surface area contributed by atoms with Gasteiger partial charge in [0.1, 0.15) is 11.5 Å². The van der Waals surface area contributed by atoms with E-state index in [0.717, 1.165) is 12.8 Å². The Labute approximate surface area is 177 Å². The molecule has 6 heteroatoms. The number of furan rings is 1. The van der Waals surface area contributed by atoms with Gasteiger partial charge in [0.25, 0.3) is 5.91 Å². The number of carbonyl (C=O) groups is 2. The third kappa shape index (κ3) is 6.51. The van der Waals surface area contributed by atoms with Crippen LogP contribution in [0.15, 0.2) is 53.2 Å². The van der Waals surface area contributed by atoms with Gasteiger partial charge in [0, 0.05) is 25.7 Å². The average Bonchev–Trinajstić information content (AvgIpc) is 3.29. The smallest absolute Gasteiger partial charge is 0.257 e. The molecular formula is C24H30N2O4. The van der Waals surface area contributed by atoms with Crippen LogP contribution in [0.4, 0.5) is 0 Å². The highest BCUT2D eigenvalue weighted by Crippen LogP contribution is 2.19. The molecule has 0 aliphatic carbocycles.